The summed E-state index contributed by atoms with van der Waals surface area (Å²) in [6.07, 6.45) is 2.22. The Morgan fingerprint density at radius 1 is 1.40 bits per heavy atom. The van der Waals surface area contributed by atoms with Crippen LogP contribution in [0, 0.1) is 5.92 Å². The molecular weight excluding hydrogens is 200 g/mol. The van der Waals surface area contributed by atoms with Gasteiger partial charge >= 0.3 is 58.2 Å². The molecule has 0 aromatic rings. The van der Waals surface area contributed by atoms with Crippen LogP contribution in [0.5, 0.6) is 0 Å². The molecule has 1 aliphatic rings. The predicted molar refractivity (Wildman–Crippen MR) is 35.1 cm³/mol. The number of hydrogen-bond donors (Lipinski definition) is 0. The molecular formula is C7H14NORb. The summed E-state index contributed by atoms with van der Waals surface area (Å²) in [5.41, 5.74) is 0. The third-order valence-electron chi connectivity index (χ3n) is 2.07. The molecule has 0 radical (unpaired) electrons. The molecule has 1 fully saturated rings. The Bertz CT molecular complexity index is 81.7. The van der Waals surface area contributed by atoms with Crippen LogP contribution in [-0.2, 0) is 0 Å². The average molecular weight is 214 g/mol. The van der Waals surface area contributed by atoms with Gasteiger partial charge in [-0.1, -0.05) is 5.92 Å². The first-order chi connectivity index (χ1) is 4.33. The molecule has 0 aliphatic carbocycles. The fourth-order valence-corrected chi connectivity index (χ4v) is 1.23. The molecule has 0 atom stereocenters. The van der Waals surface area contributed by atoms with Crippen LogP contribution in [-0.4, -0.2) is 31.6 Å². The molecule has 0 amide bonds. The van der Waals surface area contributed by atoms with Gasteiger partial charge in [-0.25, -0.2) is 0 Å². The molecule has 0 aromatic heterocycles. The maximum Gasteiger partial charge on any atom is 1.00 e. The maximum atomic E-state index is 10.4. The zero-order valence-electron chi connectivity index (χ0n) is 6.97. The van der Waals surface area contributed by atoms with Crippen LogP contribution in [0.4, 0.5) is 0 Å². The maximum absolute atomic E-state index is 10.4. The Hall–Kier alpha value is 1.73. The van der Waals surface area contributed by atoms with Crippen molar-refractivity contribution in [2.45, 2.75) is 12.8 Å². The summed E-state index contributed by atoms with van der Waals surface area (Å²) in [5, 5.41) is 10.4. The molecule has 54 valence electrons. The summed E-state index contributed by atoms with van der Waals surface area (Å²) in [6.45, 7) is 2.37. The number of likely N-dealkylation sites (tertiary alicyclic amines) is 1. The molecule has 1 aliphatic heterocycles. The van der Waals surface area contributed by atoms with Crippen molar-refractivity contribution in [3.8, 4) is 0 Å². The van der Waals surface area contributed by atoms with Gasteiger partial charge < -0.3 is 10.0 Å². The van der Waals surface area contributed by atoms with Gasteiger partial charge in [-0.15, -0.1) is 6.61 Å². The van der Waals surface area contributed by atoms with Crippen molar-refractivity contribution < 1.29 is 63.3 Å². The molecule has 0 bridgehead atoms. The smallest absolute Gasteiger partial charge is 0.854 e. The van der Waals surface area contributed by atoms with Crippen molar-refractivity contribution in [3.05, 3.63) is 0 Å². The molecule has 0 aromatic carbocycles. The Labute approximate surface area is 112 Å². The van der Waals surface area contributed by atoms with E-state index in [1.807, 2.05) is 0 Å². The second kappa shape index (κ2) is 6.26. The minimum absolute atomic E-state index is 0. The molecule has 2 nitrogen and oxygen atoms in total. The first-order valence-electron chi connectivity index (χ1n) is 3.59. The zero-order valence-corrected chi connectivity index (χ0v) is 11.9. The topological polar surface area (TPSA) is 26.3 Å². The van der Waals surface area contributed by atoms with E-state index in [9.17, 15) is 5.11 Å². The average Bonchev–Trinajstić information content (AvgIpc) is 1.90. The van der Waals surface area contributed by atoms with Crippen molar-refractivity contribution in [2.75, 3.05) is 26.7 Å². The fraction of sp³-hybridized carbons (Fsp3) is 1.00. The summed E-state index contributed by atoms with van der Waals surface area (Å²) in [5.74, 6) is 0.473. The third-order valence-corrected chi connectivity index (χ3v) is 2.07. The second-order valence-corrected chi connectivity index (χ2v) is 2.91. The van der Waals surface area contributed by atoms with Gasteiger partial charge in [0.25, 0.3) is 0 Å². The van der Waals surface area contributed by atoms with E-state index in [0.29, 0.717) is 5.92 Å². The largest absolute Gasteiger partial charge is 1.00 e. The Morgan fingerprint density at radius 3 is 2.30 bits per heavy atom. The Morgan fingerprint density at radius 2 is 1.90 bits per heavy atom. The first-order valence-corrected chi connectivity index (χ1v) is 3.59. The van der Waals surface area contributed by atoms with Crippen LogP contribution < -0.4 is 63.3 Å². The van der Waals surface area contributed by atoms with Gasteiger partial charge in [0.05, 0.1) is 0 Å². The standard InChI is InChI=1S/C7H14NO.Rb/c1-8-4-2-7(6-9)3-5-8;/h7H,2-6H2,1H3;/q-1;+1. The van der Waals surface area contributed by atoms with Crippen molar-refractivity contribution in [2.24, 2.45) is 5.92 Å². The number of rotatable bonds is 1. The minimum Gasteiger partial charge on any atom is -0.854 e. The first kappa shape index (κ1) is 11.7. The van der Waals surface area contributed by atoms with Crippen LogP contribution in [0.15, 0.2) is 0 Å². The van der Waals surface area contributed by atoms with Gasteiger partial charge in [0.1, 0.15) is 0 Å². The predicted octanol–water partition coefficient (Wildman–Crippen LogP) is -3.31. The Balaban J connectivity index is 0.000000810. The molecule has 0 N–H and O–H groups in total. The summed E-state index contributed by atoms with van der Waals surface area (Å²) in [4.78, 5) is 2.28. The van der Waals surface area contributed by atoms with Gasteiger partial charge in [0.2, 0.25) is 0 Å². The van der Waals surface area contributed by atoms with E-state index in [-0.39, 0.29) is 64.8 Å². The van der Waals surface area contributed by atoms with Crippen molar-refractivity contribution in [1.29, 1.82) is 0 Å². The minimum atomic E-state index is 0. The van der Waals surface area contributed by atoms with Gasteiger partial charge in [0, 0.05) is 0 Å². The summed E-state index contributed by atoms with van der Waals surface area (Å²) in [6, 6.07) is 0. The quantitative estimate of drug-likeness (QED) is 0.456. The van der Waals surface area contributed by atoms with Crippen LogP contribution in [0.2, 0.25) is 0 Å². The molecule has 1 rings (SSSR count). The van der Waals surface area contributed by atoms with E-state index >= 15 is 0 Å². The van der Waals surface area contributed by atoms with E-state index in [2.05, 4.69) is 11.9 Å². The van der Waals surface area contributed by atoms with Gasteiger partial charge in [-0.2, -0.15) is 0 Å². The van der Waals surface area contributed by atoms with Gasteiger partial charge in [0.15, 0.2) is 0 Å². The second-order valence-electron chi connectivity index (χ2n) is 2.91. The fourth-order valence-electron chi connectivity index (χ4n) is 1.23. The molecule has 1 heterocycles. The van der Waals surface area contributed by atoms with Crippen molar-refractivity contribution >= 4 is 0 Å². The molecule has 10 heavy (non-hydrogen) atoms. The van der Waals surface area contributed by atoms with E-state index in [0.717, 1.165) is 25.9 Å². The van der Waals surface area contributed by atoms with Gasteiger partial charge in [-0.05, 0) is 33.0 Å². The van der Waals surface area contributed by atoms with Crippen LogP contribution in [0.3, 0.4) is 0 Å². The summed E-state index contributed by atoms with van der Waals surface area (Å²) >= 11 is 0. The molecule has 0 unspecified atom stereocenters. The van der Waals surface area contributed by atoms with E-state index in [1.54, 1.807) is 0 Å². The summed E-state index contributed by atoms with van der Waals surface area (Å²) in [7, 11) is 2.11. The monoisotopic (exact) mass is 213 g/mol. The van der Waals surface area contributed by atoms with E-state index in [1.165, 1.54) is 0 Å². The van der Waals surface area contributed by atoms with E-state index < -0.39 is 0 Å². The zero-order chi connectivity index (χ0) is 6.69. The third kappa shape index (κ3) is 3.93. The van der Waals surface area contributed by atoms with Crippen molar-refractivity contribution in [3.63, 3.8) is 0 Å². The number of nitrogens with zero attached hydrogens (tertiary/aromatic N) is 1. The molecule has 3 heteroatoms. The van der Waals surface area contributed by atoms with Crippen LogP contribution in [0.25, 0.3) is 0 Å². The van der Waals surface area contributed by atoms with Crippen LogP contribution in [0.1, 0.15) is 12.8 Å². The summed E-state index contributed by atoms with van der Waals surface area (Å²) < 4.78 is 0. The van der Waals surface area contributed by atoms with Crippen LogP contribution >= 0.6 is 0 Å². The molecule has 0 saturated carbocycles. The number of hydrogen-bond acceptors (Lipinski definition) is 2. The van der Waals surface area contributed by atoms with Gasteiger partial charge in [-0.3, -0.25) is 0 Å². The van der Waals surface area contributed by atoms with E-state index in [4.69, 9.17) is 0 Å². The molecule has 1 saturated heterocycles. The molecule has 0 spiro atoms. The Kier molecular flexibility index (Phi) is 7.35. The SMILES string of the molecule is CN1CCC(C[O-])CC1.[Rb+]. The number of piperidine rings is 1. The van der Waals surface area contributed by atoms with Crippen molar-refractivity contribution in [1.82, 2.24) is 4.90 Å². The normalized spacial score (nSPS) is 22.2.